The molecule has 0 saturated carbocycles. The summed E-state index contributed by atoms with van der Waals surface area (Å²) in [7, 11) is 1.58. The third-order valence-electron chi connectivity index (χ3n) is 1.84. The minimum Gasteiger partial charge on any atom is -0.377 e. The number of ether oxygens (including phenoxy) is 1. The van der Waals surface area contributed by atoms with E-state index >= 15 is 0 Å². The van der Waals surface area contributed by atoms with E-state index in [4.69, 9.17) is 22.8 Å². The molecule has 0 bridgehead atoms. The number of hydrogen-bond donors (Lipinski definition) is 2. The molecule has 0 spiro atoms. The molecule has 0 amide bonds. The van der Waals surface area contributed by atoms with Gasteiger partial charge in [0.2, 0.25) is 0 Å². The van der Waals surface area contributed by atoms with E-state index in [1.54, 1.807) is 7.11 Å². The summed E-state index contributed by atoms with van der Waals surface area (Å²) in [6.07, 6.45) is 1.49. The second-order valence-electron chi connectivity index (χ2n) is 2.74. The van der Waals surface area contributed by atoms with Crippen LogP contribution in [0, 0.1) is 4.64 Å². The summed E-state index contributed by atoms with van der Waals surface area (Å²) in [6.45, 7) is 0.341. The monoisotopic (exact) mass is 211 g/mol. The Balaban J connectivity index is 2.73. The maximum atomic E-state index is 5.76. The van der Waals surface area contributed by atoms with Gasteiger partial charge in [-0.1, -0.05) is 12.2 Å². The summed E-state index contributed by atoms with van der Waals surface area (Å²) in [5.74, 6) is 6.37. The summed E-state index contributed by atoms with van der Waals surface area (Å²) in [4.78, 5) is 11.0. The van der Waals surface area contributed by atoms with Crippen LogP contribution in [0.4, 0.5) is 0 Å². The number of methoxy groups -OCH3 is 1. The highest BCUT2D eigenvalue weighted by atomic mass is 32.1. The van der Waals surface area contributed by atoms with Gasteiger partial charge in [-0.25, -0.2) is 14.6 Å². The molecule has 74 valence electrons. The van der Waals surface area contributed by atoms with Crippen molar-refractivity contribution >= 4 is 23.4 Å². The lowest BCUT2D eigenvalue weighted by atomic mass is 10.6. The smallest absolute Gasteiger partial charge is 0.161 e. The Bertz CT molecular complexity index is 516. The van der Waals surface area contributed by atoms with Gasteiger partial charge in [0, 0.05) is 7.11 Å². The van der Waals surface area contributed by atoms with E-state index in [2.05, 4.69) is 15.0 Å². The van der Waals surface area contributed by atoms with Gasteiger partial charge in [-0.05, 0) is 0 Å². The van der Waals surface area contributed by atoms with Gasteiger partial charge < -0.3 is 15.6 Å². The van der Waals surface area contributed by atoms with Crippen LogP contribution >= 0.6 is 12.2 Å². The van der Waals surface area contributed by atoms with Gasteiger partial charge in [-0.3, -0.25) is 0 Å². The van der Waals surface area contributed by atoms with E-state index in [1.165, 1.54) is 11.0 Å². The molecule has 2 rings (SSSR count). The third kappa shape index (κ3) is 1.26. The van der Waals surface area contributed by atoms with Gasteiger partial charge >= 0.3 is 0 Å². The molecular weight excluding hydrogens is 202 g/mol. The van der Waals surface area contributed by atoms with Crippen molar-refractivity contribution in [1.29, 1.82) is 0 Å². The molecule has 0 saturated heterocycles. The van der Waals surface area contributed by atoms with Crippen molar-refractivity contribution < 1.29 is 4.74 Å². The van der Waals surface area contributed by atoms with Gasteiger partial charge in [0.15, 0.2) is 16.1 Å². The Hall–Kier alpha value is -1.47. The van der Waals surface area contributed by atoms with Crippen LogP contribution in [0.2, 0.25) is 0 Å². The zero-order chi connectivity index (χ0) is 10.1. The van der Waals surface area contributed by atoms with Crippen molar-refractivity contribution in [3.63, 3.8) is 0 Å². The van der Waals surface area contributed by atoms with E-state index in [9.17, 15) is 0 Å². The van der Waals surface area contributed by atoms with E-state index in [0.29, 0.717) is 28.2 Å². The van der Waals surface area contributed by atoms with Gasteiger partial charge in [0.25, 0.3) is 0 Å². The van der Waals surface area contributed by atoms with Crippen molar-refractivity contribution in [1.82, 2.24) is 19.6 Å². The normalized spacial score (nSPS) is 10.9. The van der Waals surface area contributed by atoms with Crippen LogP contribution in [0.25, 0.3) is 11.2 Å². The minimum atomic E-state index is 0.341. The highest BCUT2D eigenvalue weighted by Crippen LogP contribution is 2.10. The molecule has 2 aromatic heterocycles. The van der Waals surface area contributed by atoms with Gasteiger partial charge in [0.05, 0.1) is 6.33 Å². The topological polar surface area (TPSA) is 81.8 Å². The first kappa shape index (κ1) is 9.10. The summed E-state index contributed by atoms with van der Waals surface area (Å²) in [5, 5.41) is 0. The Morgan fingerprint density at radius 2 is 2.50 bits per heavy atom. The highest BCUT2D eigenvalue weighted by Gasteiger charge is 2.09. The first-order valence-electron chi connectivity index (χ1n) is 3.93. The van der Waals surface area contributed by atoms with Crippen LogP contribution in [0.5, 0.6) is 0 Å². The molecule has 3 N–H and O–H groups in total. The van der Waals surface area contributed by atoms with Crippen LogP contribution < -0.4 is 5.84 Å². The van der Waals surface area contributed by atoms with Crippen LogP contribution in [0.3, 0.4) is 0 Å². The van der Waals surface area contributed by atoms with Crippen molar-refractivity contribution in [2.24, 2.45) is 0 Å². The van der Waals surface area contributed by atoms with Crippen molar-refractivity contribution in [2.45, 2.75) is 6.61 Å². The maximum Gasteiger partial charge on any atom is 0.161 e. The Labute approximate surface area is 84.7 Å². The molecular formula is C7H9N5OS. The SMILES string of the molecule is COCc1nc2c(=S)nc[nH]c2n1N. The van der Waals surface area contributed by atoms with E-state index in [-0.39, 0.29) is 0 Å². The molecule has 0 aliphatic heterocycles. The number of aromatic nitrogens is 4. The standard InChI is InChI=1S/C7H9N5OS/c1-13-2-4-11-5-6(12(4)8)9-3-10-7(5)14/h3H,2,8H2,1H3,(H,9,10,14). The summed E-state index contributed by atoms with van der Waals surface area (Å²) in [6, 6.07) is 0. The van der Waals surface area contributed by atoms with Gasteiger partial charge in [-0.15, -0.1) is 0 Å². The predicted molar refractivity (Wildman–Crippen MR) is 53.6 cm³/mol. The van der Waals surface area contributed by atoms with Crippen molar-refractivity contribution in [3.05, 3.63) is 16.8 Å². The first-order valence-corrected chi connectivity index (χ1v) is 4.34. The average Bonchev–Trinajstić information content (AvgIpc) is 2.48. The van der Waals surface area contributed by atoms with E-state index in [1.807, 2.05) is 0 Å². The van der Waals surface area contributed by atoms with Gasteiger partial charge in [0.1, 0.15) is 12.1 Å². The highest BCUT2D eigenvalue weighted by molar-refractivity contribution is 7.71. The molecule has 0 unspecified atom stereocenters. The number of nitrogens with two attached hydrogens (primary N) is 1. The lowest BCUT2D eigenvalue weighted by Crippen LogP contribution is -2.13. The number of H-pyrrole nitrogens is 1. The number of rotatable bonds is 2. The molecule has 0 aliphatic carbocycles. The van der Waals surface area contributed by atoms with Crippen LogP contribution in [-0.2, 0) is 11.3 Å². The fraction of sp³-hybridized carbons (Fsp3) is 0.286. The molecule has 0 fully saturated rings. The fourth-order valence-electron chi connectivity index (χ4n) is 1.21. The Morgan fingerprint density at radius 3 is 3.14 bits per heavy atom. The lowest BCUT2D eigenvalue weighted by Gasteiger charge is -1.99. The largest absolute Gasteiger partial charge is 0.377 e. The van der Waals surface area contributed by atoms with Gasteiger partial charge in [-0.2, -0.15) is 0 Å². The number of hydrogen-bond acceptors (Lipinski definition) is 5. The van der Waals surface area contributed by atoms with E-state index in [0.717, 1.165) is 0 Å². The second-order valence-corrected chi connectivity index (χ2v) is 3.12. The van der Waals surface area contributed by atoms with Crippen molar-refractivity contribution in [2.75, 3.05) is 13.0 Å². The number of nitrogens with zero attached hydrogens (tertiary/aromatic N) is 3. The molecule has 0 aliphatic rings. The number of aromatic amines is 1. The quantitative estimate of drug-likeness (QED) is 0.553. The summed E-state index contributed by atoms with van der Waals surface area (Å²) < 4.78 is 6.79. The number of imidazole rings is 1. The van der Waals surface area contributed by atoms with Crippen molar-refractivity contribution in [3.8, 4) is 0 Å². The zero-order valence-electron chi connectivity index (χ0n) is 7.52. The molecule has 0 atom stereocenters. The van der Waals surface area contributed by atoms with Crippen LogP contribution in [0.1, 0.15) is 5.82 Å². The number of nitrogens with one attached hydrogen (secondary N) is 1. The zero-order valence-corrected chi connectivity index (χ0v) is 8.34. The first-order chi connectivity index (χ1) is 6.74. The Kier molecular flexibility index (Phi) is 2.18. The average molecular weight is 211 g/mol. The molecule has 6 nitrogen and oxygen atoms in total. The Morgan fingerprint density at radius 1 is 1.71 bits per heavy atom. The summed E-state index contributed by atoms with van der Waals surface area (Å²) in [5.41, 5.74) is 1.24. The molecule has 14 heavy (non-hydrogen) atoms. The lowest BCUT2D eigenvalue weighted by molar-refractivity contribution is 0.176. The molecule has 7 heteroatoms. The number of nitrogen functional groups attached to an aromatic ring is 1. The van der Waals surface area contributed by atoms with E-state index < -0.39 is 0 Å². The molecule has 2 aromatic rings. The molecule has 0 radical (unpaired) electrons. The molecule has 0 aromatic carbocycles. The summed E-state index contributed by atoms with van der Waals surface area (Å²) >= 11 is 5.01. The predicted octanol–water partition coefficient (Wildman–Crippen LogP) is 0.349. The number of fused-ring (bicyclic) bond motifs is 1. The van der Waals surface area contributed by atoms with Crippen LogP contribution in [0.15, 0.2) is 6.33 Å². The third-order valence-corrected chi connectivity index (χ3v) is 2.14. The molecule has 2 heterocycles. The second kappa shape index (κ2) is 3.35. The van der Waals surface area contributed by atoms with Crippen LogP contribution in [-0.4, -0.2) is 26.7 Å². The fourth-order valence-corrected chi connectivity index (χ4v) is 1.41. The maximum absolute atomic E-state index is 5.76. The minimum absolute atomic E-state index is 0.341.